The van der Waals surface area contributed by atoms with Gasteiger partial charge in [0.15, 0.2) is 0 Å². The maximum Gasteiger partial charge on any atom is 2.00 e. The van der Waals surface area contributed by atoms with Crippen LogP contribution in [0.2, 0.25) is 0 Å². The summed E-state index contributed by atoms with van der Waals surface area (Å²) in [5.74, 6) is -2.40. The Hall–Kier alpha value is -4.63. The number of aliphatic imine (C=N–C) groups is 2. The molecule has 0 radical (unpaired) electrons. The van der Waals surface area contributed by atoms with E-state index >= 15 is 0 Å². The van der Waals surface area contributed by atoms with E-state index in [9.17, 15) is 20.4 Å². The molecule has 0 saturated heterocycles. The number of hydrogen-bond acceptors (Lipinski definition) is 6. The van der Waals surface area contributed by atoms with Crippen LogP contribution >= 0.6 is 0 Å². The third kappa shape index (κ3) is 5.73. The molecule has 0 bridgehead atoms. The molecule has 8 heteroatoms. The van der Waals surface area contributed by atoms with Crippen LogP contribution < -0.4 is 20.4 Å². The van der Waals surface area contributed by atoms with Gasteiger partial charge in [-0.25, -0.2) is 0 Å². The SMILES string of the molecule is [Ni+2].[Ni+2].[O-]c1cccc(C=Nc2ccc3ccccc3c2-c2c(N=Cc3cccc([O-])c3[O-])ccc3ccccc23)c1[O-]. The van der Waals surface area contributed by atoms with Crippen LogP contribution in [0, 0.1) is 0 Å². The zero-order valence-corrected chi connectivity index (χ0v) is 23.7. The summed E-state index contributed by atoms with van der Waals surface area (Å²) in [7, 11) is 0. The van der Waals surface area contributed by atoms with E-state index in [4.69, 9.17) is 0 Å². The number of fused-ring (bicyclic) bond motifs is 2. The summed E-state index contributed by atoms with van der Waals surface area (Å²) in [4.78, 5) is 9.38. The fourth-order valence-corrected chi connectivity index (χ4v) is 4.81. The van der Waals surface area contributed by atoms with Crippen molar-refractivity contribution in [3.63, 3.8) is 0 Å². The van der Waals surface area contributed by atoms with E-state index in [1.54, 1.807) is 12.1 Å². The maximum absolute atomic E-state index is 12.4. The minimum atomic E-state index is -0.613. The molecule has 0 aliphatic rings. The van der Waals surface area contributed by atoms with E-state index < -0.39 is 23.0 Å². The van der Waals surface area contributed by atoms with Gasteiger partial charge in [-0.3, -0.25) is 9.98 Å². The van der Waals surface area contributed by atoms with Crippen molar-refractivity contribution in [1.82, 2.24) is 0 Å². The van der Waals surface area contributed by atoms with Crippen molar-refractivity contribution in [3.05, 3.63) is 120 Å². The molecule has 6 nitrogen and oxygen atoms in total. The molecule has 0 aliphatic heterocycles. The third-order valence-corrected chi connectivity index (χ3v) is 6.77. The van der Waals surface area contributed by atoms with Crippen LogP contribution in [0.4, 0.5) is 11.4 Å². The van der Waals surface area contributed by atoms with Crippen LogP contribution in [0.1, 0.15) is 11.1 Å². The molecule has 0 unspecified atom stereocenters. The van der Waals surface area contributed by atoms with E-state index in [0.29, 0.717) is 11.4 Å². The molecule has 0 saturated carbocycles. The predicted octanol–water partition coefficient (Wildman–Crippen LogP) is 5.45. The largest absolute Gasteiger partial charge is 2.00 e. The average molecular weight is 638 g/mol. The normalized spacial score (nSPS) is 11.1. The van der Waals surface area contributed by atoms with Gasteiger partial charge in [-0.05, 0) is 44.8 Å². The van der Waals surface area contributed by atoms with E-state index in [-0.39, 0.29) is 44.1 Å². The van der Waals surface area contributed by atoms with Crippen molar-refractivity contribution in [1.29, 1.82) is 0 Å². The Morgan fingerprint density at radius 1 is 0.429 bits per heavy atom. The van der Waals surface area contributed by atoms with Crippen molar-refractivity contribution in [2.24, 2.45) is 9.98 Å². The molecule has 42 heavy (non-hydrogen) atoms. The van der Waals surface area contributed by atoms with Gasteiger partial charge < -0.3 is 20.4 Å². The molecule has 6 rings (SSSR count). The van der Waals surface area contributed by atoms with Gasteiger partial charge in [-0.15, -0.1) is 23.0 Å². The van der Waals surface area contributed by atoms with Crippen molar-refractivity contribution in [3.8, 4) is 34.1 Å². The van der Waals surface area contributed by atoms with Gasteiger partial charge in [0.2, 0.25) is 0 Å². The fourth-order valence-electron chi connectivity index (χ4n) is 4.81. The van der Waals surface area contributed by atoms with Gasteiger partial charge in [-0.1, -0.05) is 97.1 Å². The van der Waals surface area contributed by atoms with E-state index in [2.05, 4.69) is 9.98 Å². The van der Waals surface area contributed by atoms with Crippen LogP contribution in [0.3, 0.4) is 0 Å². The van der Waals surface area contributed by atoms with Crippen LogP contribution in [0.5, 0.6) is 23.0 Å². The first-order chi connectivity index (χ1) is 19.5. The molecule has 0 aromatic heterocycles. The second-order valence-corrected chi connectivity index (χ2v) is 9.23. The Balaban J connectivity index is 0.00000202. The van der Waals surface area contributed by atoms with Crippen molar-refractivity contribution < 1.29 is 53.4 Å². The molecule has 6 aromatic rings. The summed E-state index contributed by atoms with van der Waals surface area (Å²) < 4.78 is 0. The van der Waals surface area contributed by atoms with Gasteiger partial charge in [0.25, 0.3) is 0 Å². The van der Waals surface area contributed by atoms with Gasteiger partial charge in [-0.2, -0.15) is 0 Å². The molecular weight excluding hydrogens is 618 g/mol. The summed E-state index contributed by atoms with van der Waals surface area (Å²) in [6.07, 6.45) is 2.82. The molecule has 0 amide bonds. The molecule has 0 fully saturated rings. The van der Waals surface area contributed by atoms with Crippen molar-refractivity contribution >= 4 is 45.3 Å². The van der Waals surface area contributed by atoms with Crippen molar-refractivity contribution in [2.75, 3.05) is 0 Å². The summed E-state index contributed by atoms with van der Waals surface area (Å²) in [6.45, 7) is 0. The minimum Gasteiger partial charge on any atom is -0.873 e. The Labute approximate surface area is 262 Å². The van der Waals surface area contributed by atoms with E-state index in [1.165, 1.54) is 36.7 Å². The second-order valence-electron chi connectivity index (χ2n) is 9.23. The zero-order valence-electron chi connectivity index (χ0n) is 21.7. The van der Waals surface area contributed by atoms with Gasteiger partial charge in [0, 0.05) is 23.6 Å². The monoisotopic (exact) mass is 636 g/mol. The Morgan fingerprint density at radius 2 is 0.833 bits per heavy atom. The Morgan fingerprint density at radius 3 is 1.26 bits per heavy atom. The van der Waals surface area contributed by atoms with Gasteiger partial charge in [0.1, 0.15) is 0 Å². The second kappa shape index (κ2) is 12.9. The first-order valence-corrected chi connectivity index (χ1v) is 12.6. The first-order valence-electron chi connectivity index (χ1n) is 12.6. The van der Waals surface area contributed by atoms with Crippen LogP contribution in [0.25, 0.3) is 32.7 Å². The number of rotatable bonds is 5. The minimum absolute atomic E-state index is 0. The standard InChI is InChI=1S/C34H24N2O4.2Ni/c37-29-13-5-9-23(33(29)39)19-35-27-17-15-21-7-1-3-11-25(21)31(27)32-26-12-4-2-8-22(26)16-18-28(32)36-20-24-10-6-14-30(38)34(24)40;;/h1-20,37-40H;;/q;2*+2/p-4. The summed E-state index contributed by atoms with van der Waals surface area (Å²) in [5.41, 5.74) is 3.11. The summed E-state index contributed by atoms with van der Waals surface area (Å²) in [5, 5.41) is 52.4. The molecular formula is C34H20N2Ni2O4. The molecule has 0 atom stereocenters. The van der Waals surface area contributed by atoms with Crippen molar-refractivity contribution in [2.45, 2.75) is 0 Å². The fraction of sp³-hybridized carbons (Fsp3) is 0. The smallest absolute Gasteiger partial charge is 0.873 e. The maximum atomic E-state index is 12.4. The van der Waals surface area contributed by atoms with Crippen LogP contribution in [0.15, 0.2) is 119 Å². The topological polar surface area (TPSA) is 117 Å². The number of nitrogens with zero attached hydrogens (tertiary/aromatic N) is 2. The number of benzene rings is 6. The molecule has 0 aliphatic carbocycles. The van der Waals surface area contributed by atoms with Crippen LogP contribution in [-0.2, 0) is 33.0 Å². The van der Waals surface area contributed by atoms with Gasteiger partial charge in [0.05, 0.1) is 11.4 Å². The summed E-state index contributed by atoms with van der Waals surface area (Å²) >= 11 is 0. The molecule has 0 heterocycles. The molecule has 0 spiro atoms. The third-order valence-electron chi connectivity index (χ3n) is 6.77. The molecule has 6 aromatic carbocycles. The number of para-hydroxylation sites is 2. The quantitative estimate of drug-likeness (QED) is 0.185. The average Bonchev–Trinajstić information content (AvgIpc) is 2.98. The summed E-state index contributed by atoms with van der Waals surface area (Å²) in [6, 6.07) is 32.1. The van der Waals surface area contributed by atoms with Gasteiger partial charge >= 0.3 is 33.0 Å². The Bertz CT molecular complexity index is 1830. The number of hydrogen-bond donors (Lipinski definition) is 0. The van der Waals surface area contributed by atoms with Crippen LogP contribution in [-0.4, -0.2) is 12.4 Å². The first kappa shape index (κ1) is 30.3. The molecule has 0 N–H and O–H groups in total. The predicted molar refractivity (Wildman–Crippen MR) is 152 cm³/mol. The van der Waals surface area contributed by atoms with E-state index in [0.717, 1.165) is 32.7 Å². The zero-order chi connectivity index (χ0) is 27.6. The Kier molecular flexibility index (Phi) is 9.32. The molecule has 210 valence electrons. The van der Waals surface area contributed by atoms with E-state index in [1.807, 2.05) is 72.8 Å².